The standard InChI is InChI=1S/C7H7Cl2NO3S/c1-3-2-4(14(11,12)13)7(10)6(9)5(3)8/h2H,10H2,1H3,(H,11,12,13). The van der Waals surface area contributed by atoms with E-state index in [-0.39, 0.29) is 15.7 Å². The second kappa shape index (κ2) is 3.58. The van der Waals surface area contributed by atoms with Gasteiger partial charge in [0, 0.05) is 0 Å². The van der Waals surface area contributed by atoms with Crippen LogP contribution in [0, 0.1) is 6.92 Å². The lowest BCUT2D eigenvalue weighted by Gasteiger charge is -2.08. The predicted octanol–water partition coefficient (Wildman–Crippen LogP) is 2.13. The first-order chi connectivity index (χ1) is 6.25. The van der Waals surface area contributed by atoms with E-state index in [1.807, 2.05) is 0 Å². The Morgan fingerprint density at radius 1 is 1.36 bits per heavy atom. The Kier molecular flexibility index (Phi) is 2.96. The van der Waals surface area contributed by atoms with Gasteiger partial charge in [-0.05, 0) is 18.6 Å². The van der Waals surface area contributed by atoms with Crippen LogP contribution in [0.5, 0.6) is 0 Å². The van der Waals surface area contributed by atoms with Crippen molar-refractivity contribution in [1.29, 1.82) is 0 Å². The van der Waals surface area contributed by atoms with Gasteiger partial charge in [-0.1, -0.05) is 23.2 Å². The van der Waals surface area contributed by atoms with Crippen molar-refractivity contribution in [3.8, 4) is 0 Å². The molecule has 0 aliphatic heterocycles. The van der Waals surface area contributed by atoms with Crippen molar-refractivity contribution in [3.05, 3.63) is 21.7 Å². The van der Waals surface area contributed by atoms with Crippen LogP contribution in [0.4, 0.5) is 5.69 Å². The maximum atomic E-state index is 10.8. The van der Waals surface area contributed by atoms with E-state index in [1.165, 1.54) is 6.07 Å². The van der Waals surface area contributed by atoms with Crippen LogP contribution in [-0.2, 0) is 10.1 Å². The number of rotatable bonds is 1. The van der Waals surface area contributed by atoms with Crippen LogP contribution < -0.4 is 5.73 Å². The molecule has 0 fully saturated rings. The molecule has 1 aromatic carbocycles. The Balaban J connectivity index is 3.66. The van der Waals surface area contributed by atoms with Gasteiger partial charge in [0.05, 0.1) is 15.7 Å². The highest BCUT2D eigenvalue weighted by Crippen LogP contribution is 2.35. The van der Waals surface area contributed by atoms with Gasteiger partial charge in [0.25, 0.3) is 10.1 Å². The zero-order chi connectivity index (χ0) is 11.1. The van der Waals surface area contributed by atoms with Crippen molar-refractivity contribution in [1.82, 2.24) is 0 Å². The molecular formula is C7H7Cl2NO3S. The number of anilines is 1. The van der Waals surface area contributed by atoms with Crippen LogP contribution in [0.25, 0.3) is 0 Å². The lowest BCUT2D eigenvalue weighted by Crippen LogP contribution is -2.04. The fourth-order valence-corrected chi connectivity index (χ4v) is 2.12. The summed E-state index contributed by atoms with van der Waals surface area (Å²) in [6.45, 7) is 1.56. The van der Waals surface area contributed by atoms with E-state index in [0.717, 1.165) is 0 Å². The molecule has 78 valence electrons. The summed E-state index contributed by atoms with van der Waals surface area (Å²) >= 11 is 11.4. The van der Waals surface area contributed by atoms with Crippen molar-refractivity contribution in [2.75, 3.05) is 5.73 Å². The van der Waals surface area contributed by atoms with Gasteiger partial charge < -0.3 is 5.73 Å². The topological polar surface area (TPSA) is 80.4 Å². The molecule has 3 N–H and O–H groups in total. The molecule has 0 unspecified atom stereocenters. The van der Waals surface area contributed by atoms with Gasteiger partial charge in [0.1, 0.15) is 4.90 Å². The minimum absolute atomic E-state index is 0.0701. The van der Waals surface area contributed by atoms with Crippen LogP contribution in [0.1, 0.15) is 5.56 Å². The first-order valence-corrected chi connectivity index (χ1v) is 5.66. The molecule has 0 atom stereocenters. The molecule has 14 heavy (non-hydrogen) atoms. The maximum absolute atomic E-state index is 10.8. The van der Waals surface area contributed by atoms with Gasteiger partial charge in [-0.25, -0.2) is 0 Å². The molecule has 0 saturated carbocycles. The summed E-state index contributed by atoms with van der Waals surface area (Å²) in [5.41, 5.74) is 5.57. The van der Waals surface area contributed by atoms with E-state index in [4.69, 9.17) is 33.5 Å². The van der Waals surface area contributed by atoms with Gasteiger partial charge in [-0.15, -0.1) is 0 Å². The number of halogens is 2. The van der Waals surface area contributed by atoms with Crippen molar-refractivity contribution in [2.45, 2.75) is 11.8 Å². The van der Waals surface area contributed by atoms with Gasteiger partial charge in [-0.3, -0.25) is 4.55 Å². The average Bonchev–Trinajstić information content (AvgIpc) is 2.06. The largest absolute Gasteiger partial charge is 0.396 e. The summed E-state index contributed by atoms with van der Waals surface area (Å²) in [6.07, 6.45) is 0. The van der Waals surface area contributed by atoms with E-state index in [9.17, 15) is 8.42 Å². The zero-order valence-corrected chi connectivity index (χ0v) is 9.41. The van der Waals surface area contributed by atoms with E-state index in [1.54, 1.807) is 6.92 Å². The fourth-order valence-electron chi connectivity index (χ4n) is 0.951. The fraction of sp³-hybridized carbons (Fsp3) is 0.143. The minimum atomic E-state index is -4.36. The van der Waals surface area contributed by atoms with Gasteiger partial charge in [0.15, 0.2) is 0 Å². The van der Waals surface area contributed by atoms with Crippen LogP contribution >= 0.6 is 23.2 Å². The molecule has 1 rings (SSSR count). The number of hydrogen-bond donors (Lipinski definition) is 2. The van der Waals surface area contributed by atoms with Crippen LogP contribution in [-0.4, -0.2) is 13.0 Å². The average molecular weight is 256 g/mol. The number of hydrogen-bond acceptors (Lipinski definition) is 3. The van der Waals surface area contributed by atoms with Crippen LogP contribution in [0.15, 0.2) is 11.0 Å². The van der Waals surface area contributed by atoms with E-state index in [0.29, 0.717) is 5.56 Å². The number of nitrogens with two attached hydrogens (primary N) is 1. The SMILES string of the molecule is Cc1cc(S(=O)(=O)O)c(N)c(Cl)c1Cl. The lowest BCUT2D eigenvalue weighted by atomic mass is 10.2. The first kappa shape index (κ1) is 11.6. The Morgan fingerprint density at radius 3 is 2.29 bits per heavy atom. The molecule has 0 saturated heterocycles. The summed E-state index contributed by atoms with van der Waals surface area (Å²) < 4.78 is 30.5. The van der Waals surface area contributed by atoms with Crippen molar-refractivity contribution >= 4 is 39.0 Å². The number of benzene rings is 1. The normalized spacial score (nSPS) is 11.7. The third-order valence-electron chi connectivity index (χ3n) is 1.67. The van der Waals surface area contributed by atoms with E-state index >= 15 is 0 Å². The molecule has 0 aliphatic rings. The van der Waals surface area contributed by atoms with Crippen molar-refractivity contribution < 1.29 is 13.0 Å². The summed E-state index contributed by atoms with van der Waals surface area (Å²) in [5.74, 6) is 0. The zero-order valence-electron chi connectivity index (χ0n) is 7.08. The second-order valence-electron chi connectivity index (χ2n) is 2.71. The predicted molar refractivity (Wildman–Crippen MR) is 55.4 cm³/mol. The highest BCUT2D eigenvalue weighted by molar-refractivity contribution is 7.86. The smallest absolute Gasteiger partial charge is 0.296 e. The van der Waals surface area contributed by atoms with E-state index < -0.39 is 15.0 Å². The number of nitrogen functional groups attached to an aromatic ring is 1. The molecule has 0 aliphatic carbocycles. The monoisotopic (exact) mass is 255 g/mol. The Morgan fingerprint density at radius 2 is 1.86 bits per heavy atom. The summed E-state index contributed by atoms with van der Waals surface area (Å²) in [7, 11) is -4.36. The molecular weight excluding hydrogens is 249 g/mol. The Hall–Kier alpha value is -0.490. The Bertz CT molecular complexity index is 484. The minimum Gasteiger partial charge on any atom is -0.396 e. The highest BCUT2D eigenvalue weighted by Gasteiger charge is 2.19. The molecule has 0 bridgehead atoms. The summed E-state index contributed by atoms with van der Waals surface area (Å²) in [5, 5.41) is 0.107. The van der Waals surface area contributed by atoms with Gasteiger partial charge in [0.2, 0.25) is 0 Å². The molecule has 0 spiro atoms. The summed E-state index contributed by atoms with van der Waals surface area (Å²) in [4.78, 5) is -0.426. The van der Waals surface area contributed by atoms with Crippen molar-refractivity contribution in [2.24, 2.45) is 0 Å². The van der Waals surface area contributed by atoms with Gasteiger partial charge >= 0.3 is 0 Å². The number of aryl methyl sites for hydroxylation is 1. The maximum Gasteiger partial charge on any atom is 0.296 e. The third kappa shape index (κ3) is 1.95. The van der Waals surface area contributed by atoms with Crippen LogP contribution in [0.3, 0.4) is 0 Å². The van der Waals surface area contributed by atoms with E-state index in [2.05, 4.69) is 0 Å². The van der Waals surface area contributed by atoms with Crippen molar-refractivity contribution in [3.63, 3.8) is 0 Å². The second-order valence-corrected chi connectivity index (χ2v) is 4.85. The molecule has 4 nitrogen and oxygen atoms in total. The molecule has 7 heteroatoms. The molecule has 0 amide bonds. The first-order valence-electron chi connectivity index (χ1n) is 3.46. The quantitative estimate of drug-likeness (QED) is 0.595. The van der Waals surface area contributed by atoms with Crippen LogP contribution in [0.2, 0.25) is 10.0 Å². The molecule has 0 aromatic heterocycles. The molecule has 0 heterocycles. The Labute approximate surface area is 91.4 Å². The highest BCUT2D eigenvalue weighted by atomic mass is 35.5. The lowest BCUT2D eigenvalue weighted by molar-refractivity contribution is 0.483. The molecule has 1 aromatic rings. The molecule has 0 radical (unpaired) electrons. The third-order valence-corrected chi connectivity index (χ3v) is 3.54. The van der Waals surface area contributed by atoms with Gasteiger partial charge in [-0.2, -0.15) is 8.42 Å². The summed E-state index contributed by atoms with van der Waals surface area (Å²) in [6, 6.07) is 1.17.